The normalized spacial score (nSPS) is 11.1. The second kappa shape index (κ2) is 5.97. The van der Waals surface area contributed by atoms with Crippen molar-refractivity contribution in [1.82, 2.24) is 0 Å². The van der Waals surface area contributed by atoms with Gasteiger partial charge in [0, 0.05) is 16.3 Å². The first-order valence-corrected chi connectivity index (χ1v) is 7.94. The van der Waals surface area contributed by atoms with Gasteiger partial charge < -0.3 is 5.73 Å². The molecule has 0 saturated carbocycles. The molecule has 8 heteroatoms. The molecule has 0 aromatic heterocycles. The molecule has 0 fully saturated rings. The summed E-state index contributed by atoms with van der Waals surface area (Å²) in [5.41, 5.74) is 5.57. The Kier molecular flexibility index (Phi) is 4.46. The van der Waals surface area contributed by atoms with Crippen LogP contribution in [0.5, 0.6) is 0 Å². The third-order valence-corrected chi connectivity index (χ3v) is 4.46. The number of halogens is 2. The molecule has 0 aliphatic rings. The Labute approximate surface area is 131 Å². The summed E-state index contributed by atoms with van der Waals surface area (Å²) in [7, 11) is -3.87. The number of nitrogens with two attached hydrogens (primary N) is 1. The molecule has 0 aliphatic heterocycles. The molecule has 0 atom stereocenters. The fourth-order valence-corrected chi connectivity index (χ4v) is 2.96. The standard InChI is InChI=1S/C13H10ClFN2O2S2/c14-8-1-3-9(4-2-8)17-21(18,19)10-5-6-12(15)11(7-10)13(16)20/h1-7,17H,(H2,16,20). The van der Waals surface area contributed by atoms with Gasteiger partial charge in [-0.25, -0.2) is 12.8 Å². The topological polar surface area (TPSA) is 72.2 Å². The summed E-state index contributed by atoms with van der Waals surface area (Å²) in [6.07, 6.45) is 0. The van der Waals surface area contributed by atoms with Crippen molar-refractivity contribution in [2.24, 2.45) is 5.73 Å². The highest BCUT2D eigenvalue weighted by atomic mass is 35.5. The van der Waals surface area contributed by atoms with E-state index in [1.165, 1.54) is 12.1 Å². The fourth-order valence-electron chi connectivity index (χ4n) is 1.59. The Bertz CT molecular complexity index is 792. The highest BCUT2D eigenvalue weighted by Gasteiger charge is 2.17. The van der Waals surface area contributed by atoms with E-state index in [0.29, 0.717) is 10.7 Å². The zero-order valence-corrected chi connectivity index (χ0v) is 12.9. The van der Waals surface area contributed by atoms with E-state index in [1.54, 1.807) is 12.1 Å². The number of sulfonamides is 1. The number of anilines is 1. The Morgan fingerprint density at radius 2 is 1.81 bits per heavy atom. The van der Waals surface area contributed by atoms with Crippen LogP contribution in [0.25, 0.3) is 0 Å². The molecular weight excluding hydrogens is 335 g/mol. The largest absolute Gasteiger partial charge is 0.389 e. The van der Waals surface area contributed by atoms with Gasteiger partial charge in [0.2, 0.25) is 0 Å². The molecule has 0 amide bonds. The van der Waals surface area contributed by atoms with Crippen molar-refractivity contribution in [2.75, 3.05) is 4.72 Å². The third kappa shape index (κ3) is 3.69. The molecule has 4 nitrogen and oxygen atoms in total. The first-order valence-electron chi connectivity index (χ1n) is 5.67. The molecule has 0 bridgehead atoms. The lowest BCUT2D eigenvalue weighted by molar-refractivity contribution is 0.599. The molecule has 0 radical (unpaired) electrons. The Hall–Kier alpha value is -1.70. The maximum absolute atomic E-state index is 13.5. The number of hydrogen-bond donors (Lipinski definition) is 2. The van der Waals surface area contributed by atoms with E-state index in [2.05, 4.69) is 16.9 Å². The SMILES string of the molecule is NC(=S)c1cc(S(=O)(=O)Nc2ccc(Cl)cc2)ccc1F. The summed E-state index contributed by atoms with van der Waals surface area (Å²) in [6.45, 7) is 0. The first kappa shape index (κ1) is 15.7. The van der Waals surface area contributed by atoms with Crippen LogP contribution < -0.4 is 10.5 Å². The highest BCUT2D eigenvalue weighted by molar-refractivity contribution is 7.92. The second-order valence-corrected chi connectivity index (χ2v) is 6.68. The molecule has 2 rings (SSSR count). The smallest absolute Gasteiger partial charge is 0.261 e. The summed E-state index contributed by atoms with van der Waals surface area (Å²) in [6, 6.07) is 9.35. The number of thiocarbonyl (C=S) groups is 1. The van der Waals surface area contributed by atoms with Gasteiger partial charge in [-0.15, -0.1) is 0 Å². The Morgan fingerprint density at radius 3 is 2.38 bits per heavy atom. The fraction of sp³-hybridized carbons (Fsp3) is 0. The summed E-state index contributed by atoms with van der Waals surface area (Å²) < 4.78 is 40.3. The predicted molar refractivity (Wildman–Crippen MR) is 84.5 cm³/mol. The van der Waals surface area contributed by atoms with E-state index in [9.17, 15) is 12.8 Å². The van der Waals surface area contributed by atoms with Crippen molar-refractivity contribution in [1.29, 1.82) is 0 Å². The number of hydrogen-bond acceptors (Lipinski definition) is 3. The van der Waals surface area contributed by atoms with E-state index in [-0.39, 0.29) is 15.4 Å². The Morgan fingerprint density at radius 1 is 1.19 bits per heavy atom. The first-order chi connectivity index (χ1) is 9.79. The molecule has 0 saturated heterocycles. The van der Waals surface area contributed by atoms with Crippen LogP contribution in [-0.2, 0) is 10.0 Å². The Balaban J connectivity index is 2.38. The van der Waals surface area contributed by atoms with Crippen LogP contribution in [0, 0.1) is 5.82 Å². The molecule has 2 aromatic carbocycles. The molecule has 0 aliphatic carbocycles. The minimum absolute atomic E-state index is 0.121. The minimum Gasteiger partial charge on any atom is -0.389 e. The molecule has 110 valence electrons. The monoisotopic (exact) mass is 344 g/mol. The van der Waals surface area contributed by atoms with E-state index in [4.69, 9.17) is 17.3 Å². The van der Waals surface area contributed by atoms with Crippen molar-refractivity contribution in [3.63, 3.8) is 0 Å². The summed E-state index contributed by atoms with van der Waals surface area (Å²) in [4.78, 5) is -0.349. The number of rotatable bonds is 4. The van der Waals surface area contributed by atoms with E-state index < -0.39 is 15.8 Å². The molecule has 3 N–H and O–H groups in total. The summed E-state index contributed by atoms with van der Waals surface area (Å²) in [5, 5.41) is 0.482. The zero-order chi connectivity index (χ0) is 15.6. The van der Waals surface area contributed by atoms with Crippen molar-refractivity contribution >= 4 is 44.5 Å². The van der Waals surface area contributed by atoms with Gasteiger partial charge in [-0.1, -0.05) is 23.8 Å². The van der Waals surface area contributed by atoms with Gasteiger partial charge in [-0.3, -0.25) is 4.72 Å². The highest BCUT2D eigenvalue weighted by Crippen LogP contribution is 2.20. The van der Waals surface area contributed by atoms with Crippen LogP contribution in [0.15, 0.2) is 47.4 Å². The molecule has 21 heavy (non-hydrogen) atoms. The lowest BCUT2D eigenvalue weighted by atomic mass is 10.2. The van der Waals surface area contributed by atoms with Crippen molar-refractivity contribution < 1.29 is 12.8 Å². The summed E-state index contributed by atoms with van der Waals surface area (Å²) >= 11 is 10.4. The third-order valence-electron chi connectivity index (χ3n) is 2.61. The van der Waals surface area contributed by atoms with E-state index >= 15 is 0 Å². The van der Waals surface area contributed by atoms with Crippen LogP contribution >= 0.6 is 23.8 Å². The molecule has 0 spiro atoms. The van der Waals surface area contributed by atoms with Gasteiger partial charge in [0.25, 0.3) is 10.0 Å². The molecule has 0 unspecified atom stereocenters. The summed E-state index contributed by atoms with van der Waals surface area (Å²) in [5.74, 6) is -0.673. The van der Waals surface area contributed by atoms with Crippen LogP contribution in [0.3, 0.4) is 0 Å². The van der Waals surface area contributed by atoms with Crippen LogP contribution in [0.4, 0.5) is 10.1 Å². The van der Waals surface area contributed by atoms with Gasteiger partial charge in [0.05, 0.1) is 4.90 Å². The average molecular weight is 345 g/mol. The van der Waals surface area contributed by atoms with Gasteiger partial charge in [0.1, 0.15) is 10.8 Å². The average Bonchev–Trinajstić information content (AvgIpc) is 2.41. The van der Waals surface area contributed by atoms with Crippen LogP contribution in [0.2, 0.25) is 5.02 Å². The zero-order valence-electron chi connectivity index (χ0n) is 10.5. The molecule has 2 aromatic rings. The quantitative estimate of drug-likeness (QED) is 0.836. The predicted octanol–water partition coefficient (Wildman–Crippen LogP) is 2.91. The van der Waals surface area contributed by atoms with Gasteiger partial charge >= 0.3 is 0 Å². The minimum atomic E-state index is -3.87. The lowest BCUT2D eigenvalue weighted by Gasteiger charge is -2.09. The molecule has 0 heterocycles. The van der Waals surface area contributed by atoms with Crippen molar-refractivity contribution in [2.45, 2.75) is 4.90 Å². The maximum Gasteiger partial charge on any atom is 0.261 e. The van der Waals surface area contributed by atoms with Gasteiger partial charge in [-0.2, -0.15) is 0 Å². The second-order valence-electron chi connectivity index (χ2n) is 4.12. The van der Waals surface area contributed by atoms with Crippen molar-refractivity contribution in [3.05, 3.63) is 58.9 Å². The maximum atomic E-state index is 13.5. The van der Waals surface area contributed by atoms with E-state index in [1.807, 2.05) is 0 Å². The van der Waals surface area contributed by atoms with Crippen LogP contribution in [-0.4, -0.2) is 13.4 Å². The van der Waals surface area contributed by atoms with E-state index in [0.717, 1.165) is 18.2 Å². The lowest BCUT2D eigenvalue weighted by Crippen LogP contribution is -2.16. The van der Waals surface area contributed by atoms with Crippen LogP contribution in [0.1, 0.15) is 5.56 Å². The molecular formula is C13H10ClFN2O2S2. The van der Waals surface area contributed by atoms with Gasteiger partial charge in [-0.05, 0) is 42.5 Å². The van der Waals surface area contributed by atoms with Crippen molar-refractivity contribution in [3.8, 4) is 0 Å². The number of nitrogens with one attached hydrogen (secondary N) is 1. The van der Waals surface area contributed by atoms with Gasteiger partial charge in [0.15, 0.2) is 0 Å². The number of benzene rings is 2.